The van der Waals surface area contributed by atoms with Gasteiger partial charge in [0.05, 0.1) is 39.7 Å². The van der Waals surface area contributed by atoms with Gasteiger partial charge in [0.1, 0.15) is 0 Å². The summed E-state index contributed by atoms with van der Waals surface area (Å²) in [7, 11) is 3.09. The molecular formula is C19H24N2O5. The summed E-state index contributed by atoms with van der Waals surface area (Å²) in [6.45, 7) is 2.48. The van der Waals surface area contributed by atoms with Crippen molar-refractivity contribution in [3.05, 3.63) is 29.8 Å². The first-order valence-electron chi connectivity index (χ1n) is 8.27. The monoisotopic (exact) mass is 360 g/mol. The Balaban J connectivity index is 2.79. The number of benzene rings is 1. The zero-order valence-electron chi connectivity index (χ0n) is 15.4. The van der Waals surface area contributed by atoms with Crippen LogP contribution in [-0.2, 0) is 14.3 Å². The lowest BCUT2D eigenvalue weighted by Gasteiger charge is -2.19. The summed E-state index contributed by atoms with van der Waals surface area (Å²) >= 11 is 0. The Hall–Kier alpha value is -3.01. The average Bonchev–Trinajstić information content (AvgIpc) is 2.66. The van der Waals surface area contributed by atoms with Crippen LogP contribution in [0.4, 0.5) is 0 Å². The summed E-state index contributed by atoms with van der Waals surface area (Å²) in [4.78, 5) is 25.3. The van der Waals surface area contributed by atoms with Gasteiger partial charge in [0.15, 0.2) is 11.5 Å². The average molecular weight is 360 g/mol. The minimum atomic E-state index is -0.369. The molecule has 0 atom stereocenters. The van der Waals surface area contributed by atoms with Crippen LogP contribution in [0.2, 0.25) is 0 Å². The quantitative estimate of drug-likeness (QED) is 0.470. The van der Waals surface area contributed by atoms with Gasteiger partial charge in [-0.05, 0) is 30.7 Å². The first-order chi connectivity index (χ1) is 12.5. The van der Waals surface area contributed by atoms with Crippen LogP contribution in [0.3, 0.4) is 0 Å². The molecule has 0 saturated carbocycles. The Bertz CT molecular complexity index is 679. The summed E-state index contributed by atoms with van der Waals surface area (Å²) in [5.74, 6) is 0.511. The van der Waals surface area contributed by atoms with Crippen LogP contribution in [0.15, 0.2) is 24.3 Å². The normalized spacial score (nSPS) is 10.2. The lowest BCUT2D eigenvalue weighted by molar-refractivity contribution is -0.143. The first kappa shape index (κ1) is 21.0. The van der Waals surface area contributed by atoms with Crippen molar-refractivity contribution >= 4 is 18.0 Å². The Kier molecular flexibility index (Phi) is 9.33. The molecule has 1 rings (SSSR count). The third-order valence-electron chi connectivity index (χ3n) is 3.52. The van der Waals surface area contributed by atoms with Crippen molar-refractivity contribution in [3.63, 3.8) is 0 Å². The summed E-state index contributed by atoms with van der Waals surface area (Å²) in [6, 6.07) is 7.30. The largest absolute Gasteiger partial charge is 0.493 e. The van der Waals surface area contributed by atoms with Crippen LogP contribution < -0.4 is 9.47 Å². The SMILES string of the molecule is CCOC(=O)CCN(CCC#N)C(=O)/C=C/c1ccc(OC)c(OC)c1. The van der Waals surface area contributed by atoms with Gasteiger partial charge < -0.3 is 19.1 Å². The molecule has 26 heavy (non-hydrogen) atoms. The maximum Gasteiger partial charge on any atom is 0.307 e. The second kappa shape index (κ2) is 11.5. The minimum absolute atomic E-state index is 0.0925. The number of carbonyl (C=O) groups excluding carboxylic acids is 2. The number of carbonyl (C=O) groups is 2. The van der Waals surface area contributed by atoms with E-state index in [4.69, 9.17) is 19.5 Å². The van der Waals surface area contributed by atoms with E-state index < -0.39 is 0 Å². The molecule has 0 saturated heterocycles. The number of amides is 1. The second-order valence-corrected chi connectivity index (χ2v) is 5.24. The Morgan fingerprint density at radius 2 is 1.92 bits per heavy atom. The van der Waals surface area contributed by atoms with Gasteiger partial charge in [-0.15, -0.1) is 0 Å². The molecule has 0 bridgehead atoms. The van der Waals surface area contributed by atoms with Crippen LogP contribution in [0, 0.1) is 11.3 Å². The van der Waals surface area contributed by atoms with Gasteiger partial charge in [-0.1, -0.05) is 6.07 Å². The van der Waals surface area contributed by atoms with Gasteiger partial charge in [0.25, 0.3) is 0 Å². The number of rotatable bonds is 10. The zero-order chi connectivity index (χ0) is 19.4. The summed E-state index contributed by atoms with van der Waals surface area (Å²) in [5.41, 5.74) is 0.765. The molecule has 140 valence electrons. The molecule has 1 amide bonds. The minimum Gasteiger partial charge on any atom is -0.493 e. The fourth-order valence-corrected chi connectivity index (χ4v) is 2.21. The van der Waals surface area contributed by atoms with Crippen LogP contribution in [0.5, 0.6) is 11.5 Å². The topological polar surface area (TPSA) is 88.9 Å². The molecule has 0 heterocycles. The molecule has 0 aliphatic heterocycles. The predicted octanol–water partition coefficient (Wildman–Crippen LogP) is 2.41. The first-order valence-corrected chi connectivity index (χ1v) is 8.27. The molecule has 1 aromatic carbocycles. The Morgan fingerprint density at radius 3 is 2.54 bits per heavy atom. The number of nitriles is 1. The lowest BCUT2D eigenvalue weighted by Crippen LogP contribution is -2.32. The highest BCUT2D eigenvalue weighted by Crippen LogP contribution is 2.27. The van der Waals surface area contributed by atoms with E-state index in [1.54, 1.807) is 38.3 Å². The molecule has 0 spiro atoms. The summed E-state index contributed by atoms with van der Waals surface area (Å²) in [6.07, 6.45) is 3.34. The van der Waals surface area contributed by atoms with Crippen molar-refractivity contribution < 1.29 is 23.8 Å². The van der Waals surface area contributed by atoms with E-state index in [1.807, 2.05) is 6.07 Å². The highest BCUT2D eigenvalue weighted by atomic mass is 16.5. The second-order valence-electron chi connectivity index (χ2n) is 5.24. The molecule has 0 aliphatic carbocycles. The number of ether oxygens (including phenoxy) is 3. The number of hydrogen-bond donors (Lipinski definition) is 0. The molecule has 0 aliphatic rings. The van der Waals surface area contributed by atoms with Crippen LogP contribution >= 0.6 is 0 Å². The summed E-state index contributed by atoms with van der Waals surface area (Å²) < 4.78 is 15.3. The van der Waals surface area contributed by atoms with Crippen LogP contribution in [0.1, 0.15) is 25.3 Å². The number of methoxy groups -OCH3 is 2. The number of esters is 1. The maximum absolute atomic E-state index is 12.4. The molecule has 7 heteroatoms. The molecule has 0 unspecified atom stereocenters. The van der Waals surface area contributed by atoms with E-state index in [9.17, 15) is 9.59 Å². The molecule has 0 fully saturated rings. The molecule has 1 aromatic rings. The molecular weight excluding hydrogens is 336 g/mol. The predicted molar refractivity (Wildman–Crippen MR) is 96.6 cm³/mol. The highest BCUT2D eigenvalue weighted by molar-refractivity contribution is 5.92. The van der Waals surface area contributed by atoms with Gasteiger partial charge in [-0.3, -0.25) is 9.59 Å². The van der Waals surface area contributed by atoms with Crippen LogP contribution in [0.25, 0.3) is 6.08 Å². The fraction of sp³-hybridized carbons (Fsp3) is 0.421. The van der Waals surface area contributed by atoms with Gasteiger partial charge >= 0.3 is 5.97 Å². The standard InChI is InChI=1S/C19H24N2O5/c1-4-26-19(23)10-13-21(12-5-11-20)18(22)9-7-15-6-8-16(24-2)17(14-15)25-3/h6-9,14H,4-5,10,12-13H2,1-3H3/b9-7+. The number of nitrogens with zero attached hydrogens (tertiary/aromatic N) is 2. The van der Waals surface area contributed by atoms with E-state index in [-0.39, 0.29) is 37.8 Å². The van der Waals surface area contributed by atoms with Crippen LogP contribution in [-0.4, -0.2) is 50.7 Å². The smallest absolute Gasteiger partial charge is 0.307 e. The molecule has 0 N–H and O–H groups in total. The van der Waals surface area contributed by atoms with Crippen molar-refractivity contribution in [2.75, 3.05) is 33.9 Å². The van der Waals surface area contributed by atoms with E-state index in [1.165, 1.54) is 18.1 Å². The Morgan fingerprint density at radius 1 is 1.19 bits per heavy atom. The van der Waals surface area contributed by atoms with Crippen molar-refractivity contribution in [1.29, 1.82) is 5.26 Å². The van der Waals surface area contributed by atoms with Gasteiger partial charge in [0, 0.05) is 19.2 Å². The van der Waals surface area contributed by atoms with Gasteiger partial charge in [0.2, 0.25) is 5.91 Å². The van der Waals surface area contributed by atoms with Crippen molar-refractivity contribution in [3.8, 4) is 17.6 Å². The Labute approximate surface area is 153 Å². The summed E-state index contributed by atoms with van der Waals surface area (Å²) in [5, 5.41) is 8.75. The van der Waals surface area contributed by atoms with Gasteiger partial charge in [-0.2, -0.15) is 5.26 Å². The zero-order valence-corrected chi connectivity index (χ0v) is 15.4. The van der Waals surface area contributed by atoms with Crippen molar-refractivity contribution in [1.82, 2.24) is 4.90 Å². The van der Waals surface area contributed by atoms with E-state index in [0.717, 1.165) is 5.56 Å². The third-order valence-corrected chi connectivity index (χ3v) is 3.52. The molecule has 0 radical (unpaired) electrons. The molecule has 0 aromatic heterocycles. The van der Waals surface area contributed by atoms with Crippen molar-refractivity contribution in [2.24, 2.45) is 0 Å². The molecule has 7 nitrogen and oxygen atoms in total. The lowest BCUT2D eigenvalue weighted by atomic mass is 10.2. The van der Waals surface area contributed by atoms with Gasteiger partial charge in [-0.25, -0.2) is 0 Å². The van der Waals surface area contributed by atoms with E-state index in [2.05, 4.69) is 0 Å². The maximum atomic E-state index is 12.4. The van der Waals surface area contributed by atoms with E-state index >= 15 is 0 Å². The highest BCUT2D eigenvalue weighted by Gasteiger charge is 2.13. The van der Waals surface area contributed by atoms with E-state index in [0.29, 0.717) is 18.1 Å². The third kappa shape index (κ3) is 6.85. The van der Waals surface area contributed by atoms with Crippen molar-refractivity contribution in [2.45, 2.75) is 19.8 Å². The fourth-order valence-electron chi connectivity index (χ4n) is 2.21. The number of hydrogen-bond acceptors (Lipinski definition) is 6.